The van der Waals surface area contributed by atoms with Crippen LogP contribution in [0.4, 0.5) is 18.9 Å². The van der Waals surface area contributed by atoms with Crippen molar-refractivity contribution in [1.29, 1.82) is 5.26 Å². The minimum Gasteiger partial charge on any atom is -0.459 e. The number of carbonyl (C=O) groups excluding carboxylic acids is 2. The van der Waals surface area contributed by atoms with Gasteiger partial charge in [0, 0.05) is 6.54 Å². The Balaban J connectivity index is 2.39. The fraction of sp³-hybridized carbons (Fsp3) is 0.500. The van der Waals surface area contributed by atoms with Gasteiger partial charge < -0.3 is 15.4 Å². The van der Waals surface area contributed by atoms with Crippen molar-refractivity contribution in [3.63, 3.8) is 0 Å². The molecule has 0 spiro atoms. The first kappa shape index (κ1) is 24.6. The highest BCUT2D eigenvalue weighted by Gasteiger charge is 2.50. The van der Waals surface area contributed by atoms with Crippen LogP contribution in [-0.4, -0.2) is 45.6 Å². The van der Waals surface area contributed by atoms with Crippen molar-refractivity contribution in [2.75, 3.05) is 11.4 Å². The number of ether oxygens (including phenoxy) is 1. The highest BCUT2D eigenvalue weighted by atomic mass is 32.1. The lowest BCUT2D eigenvalue weighted by Crippen LogP contribution is -2.52. The second kappa shape index (κ2) is 8.09. The van der Waals surface area contributed by atoms with E-state index in [9.17, 15) is 22.8 Å². The van der Waals surface area contributed by atoms with Crippen molar-refractivity contribution in [2.45, 2.75) is 58.0 Å². The zero-order valence-electron chi connectivity index (χ0n) is 17.7. The molecule has 0 saturated carbocycles. The van der Waals surface area contributed by atoms with Crippen molar-refractivity contribution in [1.82, 2.24) is 4.90 Å². The van der Waals surface area contributed by atoms with E-state index in [0.717, 1.165) is 11.0 Å². The molecule has 0 aromatic heterocycles. The molecule has 168 valence electrons. The fourth-order valence-corrected chi connectivity index (χ4v) is 3.51. The summed E-state index contributed by atoms with van der Waals surface area (Å²) in [5.74, 6) is -1.29. The number of amides is 1. The maximum Gasteiger partial charge on any atom is 0.417 e. The number of carbonyl (C=O) groups is 2. The number of esters is 1. The number of halogens is 3. The summed E-state index contributed by atoms with van der Waals surface area (Å²) in [4.78, 5) is 27.6. The van der Waals surface area contributed by atoms with Crippen LogP contribution in [0, 0.1) is 11.3 Å². The number of hydrogen-bond acceptors (Lipinski definition) is 6. The molecule has 1 aliphatic heterocycles. The molecule has 1 atom stereocenters. The van der Waals surface area contributed by atoms with Gasteiger partial charge in [-0.2, -0.15) is 18.4 Å². The summed E-state index contributed by atoms with van der Waals surface area (Å²) in [6.45, 7) is 7.91. The predicted molar refractivity (Wildman–Crippen MR) is 111 cm³/mol. The van der Waals surface area contributed by atoms with Gasteiger partial charge in [-0.05, 0) is 65.0 Å². The van der Waals surface area contributed by atoms with Gasteiger partial charge in [0.25, 0.3) is 5.91 Å². The summed E-state index contributed by atoms with van der Waals surface area (Å²) in [6.07, 6.45) is -4.79. The molecule has 31 heavy (non-hydrogen) atoms. The van der Waals surface area contributed by atoms with E-state index < -0.39 is 46.4 Å². The molecule has 1 aromatic rings. The van der Waals surface area contributed by atoms with Crippen LogP contribution in [0.25, 0.3) is 0 Å². The first-order chi connectivity index (χ1) is 14.0. The smallest absolute Gasteiger partial charge is 0.417 e. The van der Waals surface area contributed by atoms with E-state index in [2.05, 4.69) is 0 Å². The van der Waals surface area contributed by atoms with Gasteiger partial charge in [-0.15, -0.1) is 0 Å². The number of thiocarbonyl (C=S) groups is 1. The quantitative estimate of drug-likeness (QED) is 0.549. The van der Waals surface area contributed by atoms with Crippen molar-refractivity contribution >= 4 is 34.9 Å². The largest absolute Gasteiger partial charge is 0.459 e. The first-order valence-corrected chi connectivity index (χ1v) is 9.67. The highest BCUT2D eigenvalue weighted by Crippen LogP contribution is 2.37. The molecule has 1 aromatic carbocycles. The predicted octanol–water partition coefficient (Wildman–Crippen LogP) is 2.96. The van der Waals surface area contributed by atoms with Gasteiger partial charge in [-0.3, -0.25) is 14.5 Å². The Hall–Kier alpha value is -2.71. The lowest BCUT2D eigenvalue weighted by Gasteiger charge is -2.32. The van der Waals surface area contributed by atoms with E-state index in [1.807, 2.05) is 0 Å². The summed E-state index contributed by atoms with van der Waals surface area (Å²) in [5, 5.41) is 8.87. The van der Waals surface area contributed by atoms with Crippen LogP contribution in [0.5, 0.6) is 0 Å². The van der Waals surface area contributed by atoms with Gasteiger partial charge in [-0.25, -0.2) is 0 Å². The van der Waals surface area contributed by atoms with E-state index in [4.69, 9.17) is 28.0 Å². The first-order valence-electron chi connectivity index (χ1n) is 9.26. The molecule has 2 rings (SSSR count). The zero-order chi connectivity index (χ0) is 23.9. The number of nitrogens with two attached hydrogens (primary N) is 1. The van der Waals surface area contributed by atoms with Gasteiger partial charge in [0.05, 0.1) is 22.9 Å². The summed E-state index contributed by atoms with van der Waals surface area (Å²) >= 11 is 5.36. The van der Waals surface area contributed by atoms with Gasteiger partial charge in [-0.1, -0.05) is 0 Å². The lowest BCUT2D eigenvalue weighted by molar-refractivity contribution is -0.157. The van der Waals surface area contributed by atoms with Crippen LogP contribution in [-0.2, 0) is 20.5 Å². The molecule has 1 aliphatic rings. The molecule has 0 bridgehead atoms. The molecule has 2 N–H and O–H groups in total. The Morgan fingerprint density at radius 3 is 2.39 bits per heavy atom. The lowest BCUT2D eigenvalue weighted by atomic mass is 10.0. The summed E-state index contributed by atoms with van der Waals surface area (Å²) < 4.78 is 45.3. The molecule has 1 fully saturated rings. The molecule has 7 nitrogen and oxygen atoms in total. The van der Waals surface area contributed by atoms with Crippen LogP contribution in [0.15, 0.2) is 18.2 Å². The molecule has 1 heterocycles. The molecule has 1 amide bonds. The number of benzene rings is 1. The highest BCUT2D eigenvalue weighted by molar-refractivity contribution is 7.80. The molecule has 1 saturated heterocycles. The van der Waals surface area contributed by atoms with Crippen LogP contribution in [0.1, 0.15) is 45.7 Å². The SMILES string of the molecule is CC(C)(C)OC(=O)C(N)CN1C(=S)N(c2ccc(C#N)c(C(F)(F)F)c2)C(=O)C1(C)C. The number of alkyl halides is 3. The Kier molecular flexibility index (Phi) is 6.41. The van der Waals surface area contributed by atoms with Crippen molar-refractivity contribution in [3.8, 4) is 6.07 Å². The average molecular weight is 456 g/mol. The van der Waals surface area contributed by atoms with Gasteiger partial charge in [0.1, 0.15) is 17.2 Å². The van der Waals surface area contributed by atoms with Crippen molar-refractivity contribution in [2.24, 2.45) is 5.73 Å². The number of nitrogens with zero attached hydrogens (tertiary/aromatic N) is 3. The van der Waals surface area contributed by atoms with Gasteiger partial charge in [0.2, 0.25) is 0 Å². The maximum atomic E-state index is 13.4. The van der Waals surface area contributed by atoms with E-state index in [1.165, 1.54) is 30.9 Å². The van der Waals surface area contributed by atoms with Crippen molar-refractivity contribution in [3.05, 3.63) is 29.3 Å². The molecule has 0 aliphatic carbocycles. The summed E-state index contributed by atoms with van der Waals surface area (Å²) in [5.41, 5.74) is 2.02. The third-order valence-corrected chi connectivity index (χ3v) is 5.00. The van der Waals surface area contributed by atoms with Crippen LogP contribution in [0.2, 0.25) is 0 Å². The Morgan fingerprint density at radius 1 is 1.32 bits per heavy atom. The normalized spacial score (nSPS) is 17.5. The zero-order valence-corrected chi connectivity index (χ0v) is 18.5. The summed E-state index contributed by atoms with van der Waals surface area (Å²) in [7, 11) is 0. The second-order valence-corrected chi connectivity index (χ2v) is 8.94. The molecule has 11 heteroatoms. The third kappa shape index (κ3) is 4.97. The molecule has 1 unspecified atom stereocenters. The molecular formula is C20H23F3N4O3S. The maximum absolute atomic E-state index is 13.4. The number of nitriles is 1. The molecular weight excluding hydrogens is 433 g/mol. The standard InChI is InChI=1S/C20H23F3N4O3S/c1-18(2,3)30-15(28)14(25)10-26-17(31)27(16(29)19(26,4)5)12-7-6-11(9-24)13(8-12)20(21,22)23/h6-8,14H,10,25H2,1-5H3. The second-order valence-electron chi connectivity index (χ2n) is 8.57. The minimum absolute atomic E-state index is 0.105. The Bertz CT molecular complexity index is 964. The van der Waals surface area contributed by atoms with E-state index >= 15 is 0 Å². The van der Waals surface area contributed by atoms with Gasteiger partial charge in [0.15, 0.2) is 5.11 Å². The van der Waals surface area contributed by atoms with Crippen LogP contribution >= 0.6 is 12.2 Å². The third-order valence-electron chi connectivity index (χ3n) is 4.60. The van der Waals surface area contributed by atoms with E-state index in [0.29, 0.717) is 6.07 Å². The van der Waals surface area contributed by atoms with E-state index in [1.54, 1.807) is 20.8 Å². The molecule has 0 radical (unpaired) electrons. The van der Waals surface area contributed by atoms with Gasteiger partial charge >= 0.3 is 12.1 Å². The average Bonchev–Trinajstić information content (AvgIpc) is 2.78. The Labute approximate surface area is 183 Å². The minimum atomic E-state index is -4.79. The summed E-state index contributed by atoms with van der Waals surface area (Å²) in [6, 6.07) is 3.25. The fourth-order valence-electron chi connectivity index (χ4n) is 3.02. The van der Waals surface area contributed by atoms with Crippen LogP contribution in [0.3, 0.4) is 0 Å². The topological polar surface area (TPSA) is 99.7 Å². The van der Waals surface area contributed by atoms with Crippen LogP contribution < -0.4 is 10.6 Å². The Morgan fingerprint density at radius 2 is 1.90 bits per heavy atom. The number of rotatable bonds is 4. The number of hydrogen-bond donors (Lipinski definition) is 1. The van der Waals surface area contributed by atoms with E-state index in [-0.39, 0.29) is 17.3 Å². The van der Waals surface area contributed by atoms with Crippen molar-refractivity contribution < 1.29 is 27.5 Å². The monoisotopic (exact) mass is 456 g/mol. The number of anilines is 1.